The van der Waals surface area contributed by atoms with Crippen molar-refractivity contribution in [2.24, 2.45) is 4.99 Å². The van der Waals surface area contributed by atoms with Gasteiger partial charge in [-0.3, -0.25) is 19.5 Å². The van der Waals surface area contributed by atoms with E-state index in [4.69, 9.17) is 9.47 Å². The predicted octanol–water partition coefficient (Wildman–Crippen LogP) is 3.52. The quantitative estimate of drug-likeness (QED) is 0.231. The van der Waals surface area contributed by atoms with Gasteiger partial charge in [-0.15, -0.1) is 0 Å². The number of piperidine rings is 1. The lowest BCUT2D eigenvalue weighted by molar-refractivity contribution is -0.143. The van der Waals surface area contributed by atoms with Crippen LogP contribution in [0.15, 0.2) is 59.8 Å². The first-order valence-electron chi connectivity index (χ1n) is 11.2. The monoisotopic (exact) mass is 441 g/mol. The largest absolute Gasteiger partial charge is 0.492 e. The van der Waals surface area contributed by atoms with E-state index in [1.54, 1.807) is 19.2 Å². The summed E-state index contributed by atoms with van der Waals surface area (Å²) in [6.07, 6.45) is 6.02. The average molecular weight is 442 g/mol. The van der Waals surface area contributed by atoms with Crippen molar-refractivity contribution in [3.63, 3.8) is 0 Å². The number of Topliss-reactive ketones (excluding diaryl/α,β-unsaturated/α-hetero) is 1. The zero-order valence-corrected chi connectivity index (χ0v) is 19.2. The van der Waals surface area contributed by atoms with Gasteiger partial charge in [-0.25, -0.2) is 0 Å². The van der Waals surface area contributed by atoms with Gasteiger partial charge in [-0.2, -0.15) is 0 Å². The van der Waals surface area contributed by atoms with E-state index in [9.17, 15) is 9.59 Å². The highest BCUT2D eigenvalue weighted by Crippen LogP contribution is 2.14. The molecule has 174 valence electrons. The van der Waals surface area contributed by atoms with Gasteiger partial charge in [0.15, 0.2) is 11.6 Å². The molecule has 0 saturated carbocycles. The average Bonchev–Trinajstić information content (AvgIpc) is 2.79. The SMILES string of the molecule is C=C(/C=C\NC(=NC1CCN(CCOc2ccccc2)CC1)C(C)=O)CCC(=O)OCC. The molecule has 1 fully saturated rings. The number of nitrogens with zero attached hydrogens (tertiary/aromatic N) is 2. The van der Waals surface area contributed by atoms with Crippen LogP contribution in [0.25, 0.3) is 0 Å². The number of allylic oxidation sites excluding steroid dienone is 2. The Labute approximate surface area is 191 Å². The number of esters is 1. The summed E-state index contributed by atoms with van der Waals surface area (Å²) in [7, 11) is 0. The summed E-state index contributed by atoms with van der Waals surface area (Å²) in [5.74, 6) is 0.899. The Morgan fingerprint density at radius 2 is 1.94 bits per heavy atom. The predicted molar refractivity (Wildman–Crippen MR) is 127 cm³/mol. The molecule has 0 atom stereocenters. The minimum Gasteiger partial charge on any atom is -0.492 e. The molecule has 7 heteroatoms. The zero-order valence-electron chi connectivity index (χ0n) is 19.2. The molecule has 7 nitrogen and oxygen atoms in total. The smallest absolute Gasteiger partial charge is 0.306 e. The number of carbonyl (C=O) groups excluding carboxylic acids is 2. The number of ketones is 1. The molecule has 2 rings (SSSR count). The molecule has 1 saturated heterocycles. The van der Waals surface area contributed by atoms with Crippen LogP contribution in [0.3, 0.4) is 0 Å². The van der Waals surface area contributed by atoms with Crippen LogP contribution in [0, 0.1) is 0 Å². The molecule has 1 heterocycles. The molecule has 0 bridgehead atoms. The van der Waals surface area contributed by atoms with E-state index in [-0.39, 0.29) is 17.8 Å². The van der Waals surface area contributed by atoms with Crippen LogP contribution >= 0.6 is 0 Å². The minimum absolute atomic E-state index is 0.106. The number of hydrogen-bond acceptors (Lipinski definition) is 6. The third-order valence-electron chi connectivity index (χ3n) is 5.12. The molecular weight excluding hydrogens is 406 g/mol. The van der Waals surface area contributed by atoms with Crippen molar-refractivity contribution in [2.75, 3.05) is 32.8 Å². The van der Waals surface area contributed by atoms with Crippen molar-refractivity contribution in [3.05, 3.63) is 54.8 Å². The Balaban J connectivity index is 1.72. The fourth-order valence-electron chi connectivity index (χ4n) is 3.31. The number of benzene rings is 1. The summed E-state index contributed by atoms with van der Waals surface area (Å²) in [5.41, 5.74) is 0.777. The number of amidine groups is 1. The Morgan fingerprint density at radius 1 is 1.22 bits per heavy atom. The first kappa shape index (κ1) is 25.3. The third-order valence-corrected chi connectivity index (χ3v) is 5.12. The van der Waals surface area contributed by atoms with E-state index in [2.05, 4.69) is 21.8 Å². The maximum atomic E-state index is 12.0. The number of rotatable bonds is 12. The van der Waals surface area contributed by atoms with Gasteiger partial charge in [0.2, 0.25) is 0 Å². The second-order valence-electron chi connectivity index (χ2n) is 7.71. The van der Waals surface area contributed by atoms with Crippen LogP contribution in [0.5, 0.6) is 5.75 Å². The standard InChI is InChI=1S/C25H35N3O4/c1-4-31-24(30)11-10-20(2)12-15-26-25(21(3)29)27-22-13-16-28(17-14-22)18-19-32-23-8-6-5-7-9-23/h5-9,12,15,22H,2,4,10-11,13-14,16-19H2,1,3H3,(H,26,27)/b15-12-. The van der Waals surface area contributed by atoms with E-state index < -0.39 is 0 Å². The first-order chi connectivity index (χ1) is 15.5. The minimum atomic E-state index is -0.237. The molecule has 1 aliphatic heterocycles. The highest BCUT2D eigenvalue weighted by molar-refractivity contribution is 6.38. The lowest BCUT2D eigenvalue weighted by Gasteiger charge is -2.30. The van der Waals surface area contributed by atoms with Gasteiger partial charge in [-0.1, -0.05) is 30.4 Å². The van der Waals surface area contributed by atoms with Crippen molar-refractivity contribution in [1.29, 1.82) is 0 Å². The van der Waals surface area contributed by atoms with Crippen LogP contribution in [-0.2, 0) is 14.3 Å². The molecule has 0 aliphatic carbocycles. The zero-order chi connectivity index (χ0) is 23.2. The van der Waals surface area contributed by atoms with Crippen molar-refractivity contribution in [3.8, 4) is 5.75 Å². The van der Waals surface area contributed by atoms with Gasteiger partial charge in [-0.05, 0) is 44.4 Å². The lowest BCUT2D eigenvalue weighted by atomic mass is 10.1. The maximum Gasteiger partial charge on any atom is 0.306 e. The molecule has 1 aliphatic rings. The first-order valence-corrected chi connectivity index (χ1v) is 11.2. The number of hydrogen-bond donors (Lipinski definition) is 1. The van der Waals surface area contributed by atoms with Gasteiger partial charge in [0.25, 0.3) is 0 Å². The highest BCUT2D eigenvalue weighted by atomic mass is 16.5. The van der Waals surface area contributed by atoms with Crippen molar-refractivity contribution in [2.45, 2.75) is 45.6 Å². The van der Waals surface area contributed by atoms with Crippen LogP contribution in [-0.4, -0.2) is 61.4 Å². The highest BCUT2D eigenvalue weighted by Gasteiger charge is 2.19. The number of carbonyl (C=O) groups is 2. The van der Waals surface area contributed by atoms with Crippen molar-refractivity contribution < 1.29 is 19.1 Å². The van der Waals surface area contributed by atoms with Crippen LogP contribution < -0.4 is 10.1 Å². The molecule has 1 N–H and O–H groups in total. The topological polar surface area (TPSA) is 80.2 Å². The summed E-state index contributed by atoms with van der Waals surface area (Å²) < 4.78 is 10.7. The molecule has 1 aromatic carbocycles. The molecule has 32 heavy (non-hydrogen) atoms. The van der Waals surface area contributed by atoms with E-state index in [1.807, 2.05) is 30.3 Å². The lowest BCUT2D eigenvalue weighted by Crippen LogP contribution is -2.39. The van der Waals surface area contributed by atoms with E-state index >= 15 is 0 Å². The van der Waals surface area contributed by atoms with Gasteiger partial charge in [0.05, 0.1) is 12.6 Å². The number of para-hydroxylation sites is 1. The molecule has 0 aromatic heterocycles. The number of nitrogens with one attached hydrogen (secondary N) is 1. The summed E-state index contributed by atoms with van der Waals surface area (Å²) >= 11 is 0. The molecule has 0 spiro atoms. The van der Waals surface area contributed by atoms with Crippen LogP contribution in [0.1, 0.15) is 39.5 Å². The van der Waals surface area contributed by atoms with Crippen LogP contribution in [0.2, 0.25) is 0 Å². The summed E-state index contributed by atoms with van der Waals surface area (Å²) in [6.45, 7) is 11.0. The fourth-order valence-corrected chi connectivity index (χ4v) is 3.31. The Morgan fingerprint density at radius 3 is 2.59 bits per heavy atom. The number of ether oxygens (including phenoxy) is 2. The molecule has 0 amide bonds. The number of likely N-dealkylation sites (tertiary alicyclic amines) is 1. The van der Waals surface area contributed by atoms with Gasteiger partial charge in [0, 0.05) is 39.2 Å². The Hall–Kier alpha value is -2.93. The maximum absolute atomic E-state index is 12.0. The second kappa shape index (κ2) is 14.2. The molecule has 0 unspecified atom stereocenters. The third kappa shape index (κ3) is 9.92. The summed E-state index contributed by atoms with van der Waals surface area (Å²) in [4.78, 5) is 30.4. The van der Waals surface area contributed by atoms with Crippen molar-refractivity contribution in [1.82, 2.24) is 10.2 Å². The fraction of sp³-hybridized carbons (Fsp3) is 0.480. The molecular formula is C25H35N3O4. The summed E-state index contributed by atoms with van der Waals surface area (Å²) in [5, 5.41) is 2.98. The van der Waals surface area contributed by atoms with Crippen LogP contribution in [0.4, 0.5) is 0 Å². The Bertz CT molecular complexity index is 797. The van der Waals surface area contributed by atoms with Crippen molar-refractivity contribution >= 4 is 17.6 Å². The van der Waals surface area contributed by atoms with Gasteiger partial charge < -0.3 is 14.8 Å². The van der Waals surface area contributed by atoms with E-state index in [0.29, 0.717) is 31.9 Å². The summed E-state index contributed by atoms with van der Waals surface area (Å²) in [6, 6.07) is 9.94. The molecule has 0 radical (unpaired) electrons. The van der Waals surface area contributed by atoms with E-state index in [0.717, 1.165) is 43.8 Å². The Kier molecular flexibility index (Phi) is 11.2. The second-order valence-corrected chi connectivity index (χ2v) is 7.71. The van der Waals surface area contributed by atoms with Gasteiger partial charge in [0.1, 0.15) is 12.4 Å². The normalized spacial score (nSPS) is 15.5. The van der Waals surface area contributed by atoms with Gasteiger partial charge >= 0.3 is 5.97 Å². The van der Waals surface area contributed by atoms with E-state index in [1.165, 1.54) is 6.92 Å². The number of aliphatic imine (C=N–C) groups is 1. The molecule has 1 aromatic rings.